The van der Waals surface area contributed by atoms with Crippen molar-refractivity contribution in [1.29, 1.82) is 5.26 Å². The van der Waals surface area contributed by atoms with Crippen LogP contribution in [0.3, 0.4) is 0 Å². The summed E-state index contributed by atoms with van der Waals surface area (Å²) in [6, 6.07) is 1.68. The van der Waals surface area contributed by atoms with Gasteiger partial charge in [-0.05, 0) is 12.8 Å². The fourth-order valence-electron chi connectivity index (χ4n) is 1.00. The molecule has 0 aliphatic carbocycles. The topological polar surface area (TPSA) is 74.7 Å². The number of nitrogens with zero attached hydrogens (tertiary/aromatic N) is 4. The van der Waals surface area contributed by atoms with E-state index in [4.69, 9.17) is 5.26 Å². The zero-order chi connectivity index (χ0) is 8.81. The Morgan fingerprint density at radius 2 is 2.25 bits per heavy atom. The lowest BCUT2D eigenvalue weighted by molar-refractivity contribution is -0.795. The summed E-state index contributed by atoms with van der Waals surface area (Å²) >= 11 is 0. The second-order valence-corrected chi connectivity index (χ2v) is 2.42. The van der Waals surface area contributed by atoms with Crippen LogP contribution in [0.4, 0.5) is 0 Å². The van der Waals surface area contributed by atoms with E-state index in [1.807, 2.05) is 0 Å². The van der Waals surface area contributed by atoms with Crippen molar-refractivity contribution in [3.63, 3.8) is 0 Å². The number of hydrogen-bond donors (Lipinski definition) is 0. The molecule has 0 aromatic heterocycles. The summed E-state index contributed by atoms with van der Waals surface area (Å²) in [5, 5.41) is 24.0. The van der Waals surface area contributed by atoms with Crippen LogP contribution < -0.4 is 0 Å². The summed E-state index contributed by atoms with van der Waals surface area (Å²) in [5.74, 6) is 0. The molecule has 6 heteroatoms. The minimum atomic E-state index is -0.263. The van der Waals surface area contributed by atoms with E-state index in [-0.39, 0.29) is 11.6 Å². The summed E-state index contributed by atoms with van der Waals surface area (Å²) in [6.45, 7) is 1.31. The zero-order valence-electron chi connectivity index (χ0n) is 6.64. The van der Waals surface area contributed by atoms with E-state index in [0.717, 1.165) is 25.9 Å². The molecule has 0 N–H and O–H groups in total. The molecule has 0 unspecified atom stereocenters. The average Bonchev–Trinajstić information content (AvgIpc) is 2.53. The van der Waals surface area contributed by atoms with Crippen LogP contribution in [0.2, 0.25) is 0 Å². The Balaban J connectivity index is 2.29. The molecule has 6 nitrogen and oxygen atoms in total. The van der Waals surface area contributed by atoms with Gasteiger partial charge in [-0.15, -0.1) is 0 Å². The highest BCUT2D eigenvalue weighted by atomic mass is 16.9. The second kappa shape index (κ2) is 4.38. The SMILES string of the molecule is N#CCO/[N+]([O-])=N\N1CCCC1. The van der Waals surface area contributed by atoms with Gasteiger partial charge in [-0.1, -0.05) is 0 Å². The van der Waals surface area contributed by atoms with Crippen molar-refractivity contribution in [3.8, 4) is 6.07 Å². The Morgan fingerprint density at radius 1 is 1.58 bits per heavy atom. The van der Waals surface area contributed by atoms with Crippen LogP contribution in [-0.4, -0.2) is 29.7 Å². The first-order valence-electron chi connectivity index (χ1n) is 3.76. The van der Waals surface area contributed by atoms with E-state index in [2.05, 4.69) is 10.1 Å². The van der Waals surface area contributed by atoms with Gasteiger partial charge in [-0.3, -0.25) is 0 Å². The average molecular weight is 170 g/mol. The molecule has 1 heterocycles. The van der Waals surface area contributed by atoms with Crippen LogP contribution in [0, 0.1) is 16.5 Å². The quantitative estimate of drug-likeness (QED) is 0.454. The van der Waals surface area contributed by atoms with Gasteiger partial charge in [-0.2, -0.15) is 10.3 Å². The van der Waals surface area contributed by atoms with Crippen LogP contribution in [0.1, 0.15) is 12.8 Å². The molecule has 0 spiro atoms. The molecule has 12 heavy (non-hydrogen) atoms. The first-order valence-corrected chi connectivity index (χ1v) is 3.76. The molecule has 1 fully saturated rings. The van der Waals surface area contributed by atoms with E-state index >= 15 is 0 Å². The van der Waals surface area contributed by atoms with Crippen molar-refractivity contribution in [2.75, 3.05) is 19.7 Å². The maximum Gasteiger partial charge on any atom is 0.130 e. The third-order valence-electron chi connectivity index (χ3n) is 1.52. The van der Waals surface area contributed by atoms with Crippen LogP contribution in [-0.2, 0) is 4.84 Å². The Labute approximate surface area is 70.2 Å². The minimum Gasteiger partial charge on any atom is -0.442 e. The van der Waals surface area contributed by atoms with E-state index in [9.17, 15) is 5.21 Å². The van der Waals surface area contributed by atoms with Crippen molar-refractivity contribution < 1.29 is 9.86 Å². The molecule has 1 saturated heterocycles. The Morgan fingerprint density at radius 3 is 2.83 bits per heavy atom. The number of nitriles is 1. The summed E-state index contributed by atoms with van der Waals surface area (Å²) in [4.78, 5) is 4.36. The van der Waals surface area contributed by atoms with Crippen LogP contribution >= 0.6 is 0 Å². The molecular weight excluding hydrogens is 160 g/mol. The lowest BCUT2D eigenvalue weighted by atomic mass is 10.4. The predicted molar refractivity (Wildman–Crippen MR) is 38.4 cm³/mol. The monoisotopic (exact) mass is 170 g/mol. The van der Waals surface area contributed by atoms with Gasteiger partial charge in [0.05, 0.1) is 11.1 Å². The molecule has 66 valence electrons. The van der Waals surface area contributed by atoms with Gasteiger partial charge in [0.1, 0.15) is 24.9 Å². The summed E-state index contributed by atoms with van der Waals surface area (Å²) < 4.78 is 0. The highest BCUT2D eigenvalue weighted by Crippen LogP contribution is 2.07. The van der Waals surface area contributed by atoms with Crippen molar-refractivity contribution >= 4 is 0 Å². The van der Waals surface area contributed by atoms with Crippen molar-refractivity contribution in [2.45, 2.75) is 12.8 Å². The molecule has 0 atom stereocenters. The number of hydrogen-bond acceptors (Lipinski definition) is 4. The van der Waals surface area contributed by atoms with Crippen molar-refractivity contribution in [1.82, 2.24) is 5.01 Å². The van der Waals surface area contributed by atoms with Gasteiger partial charge in [0.2, 0.25) is 0 Å². The molecule has 1 aliphatic rings. The Bertz CT molecular complexity index is 204. The van der Waals surface area contributed by atoms with Crippen molar-refractivity contribution in [3.05, 3.63) is 5.21 Å². The molecule has 1 rings (SSSR count). The van der Waals surface area contributed by atoms with Gasteiger partial charge in [0.25, 0.3) is 0 Å². The molecule has 0 aromatic carbocycles. The third kappa shape index (κ3) is 2.62. The van der Waals surface area contributed by atoms with Crippen LogP contribution in [0.15, 0.2) is 5.22 Å². The zero-order valence-corrected chi connectivity index (χ0v) is 6.64. The lowest BCUT2D eigenvalue weighted by Crippen LogP contribution is -2.16. The van der Waals surface area contributed by atoms with Gasteiger partial charge < -0.3 is 10.0 Å². The maximum atomic E-state index is 10.7. The molecule has 0 radical (unpaired) electrons. The standard InChI is InChI=1S/C6H10N4O2/c7-3-6-12-10(11)8-9-4-1-2-5-9/h1-2,4-6H2/b10-8-. The summed E-state index contributed by atoms with van der Waals surface area (Å²) in [6.07, 6.45) is 2.10. The van der Waals surface area contributed by atoms with Gasteiger partial charge in [0.15, 0.2) is 0 Å². The summed E-state index contributed by atoms with van der Waals surface area (Å²) in [7, 11) is 0. The first-order chi connectivity index (χ1) is 5.83. The fourth-order valence-corrected chi connectivity index (χ4v) is 1.00. The normalized spacial score (nSPS) is 17.6. The largest absolute Gasteiger partial charge is 0.442 e. The van der Waals surface area contributed by atoms with Crippen LogP contribution in [0.5, 0.6) is 0 Å². The Hall–Kier alpha value is -1.51. The highest BCUT2D eigenvalue weighted by molar-refractivity contribution is 4.64. The molecule has 0 saturated carbocycles. The highest BCUT2D eigenvalue weighted by Gasteiger charge is 2.16. The Kier molecular flexibility index (Phi) is 3.14. The van der Waals surface area contributed by atoms with Gasteiger partial charge >= 0.3 is 0 Å². The third-order valence-corrected chi connectivity index (χ3v) is 1.52. The maximum absolute atomic E-state index is 10.7. The number of rotatable bonds is 3. The molecule has 0 amide bonds. The van der Waals surface area contributed by atoms with Crippen LogP contribution in [0.25, 0.3) is 0 Å². The minimum absolute atomic E-state index is 0.0918. The first kappa shape index (κ1) is 8.59. The van der Waals surface area contributed by atoms with E-state index < -0.39 is 0 Å². The fraction of sp³-hybridized carbons (Fsp3) is 0.833. The van der Waals surface area contributed by atoms with E-state index in [0.29, 0.717) is 0 Å². The summed E-state index contributed by atoms with van der Waals surface area (Å²) in [5.41, 5.74) is 0. The molecule has 0 bridgehead atoms. The lowest BCUT2D eigenvalue weighted by Gasteiger charge is -2.05. The van der Waals surface area contributed by atoms with Gasteiger partial charge in [-0.25, -0.2) is 0 Å². The molecule has 1 aliphatic heterocycles. The molecular formula is C6H10N4O2. The van der Waals surface area contributed by atoms with Crippen molar-refractivity contribution in [2.24, 2.45) is 5.22 Å². The van der Waals surface area contributed by atoms with Gasteiger partial charge in [0, 0.05) is 0 Å². The van der Waals surface area contributed by atoms with E-state index in [1.54, 1.807) is 11.1 Å². The predicted octanol–water partition coefficient (Wildman–Crippen LogP) is 0.415. The smallest absolute Gasteiger partial charge is 0.130 e. The van der Waals surface area contributed by atoms with E-state index in [1.165, 1.54) is 0 Å². The second-order valence-electron chi connectivity index (χ2n) is 2.42. The molecule has 0 aromatic rings.